The fourth-order valence-corrected chi connectivity index (χ4v) is 3.67. The molecule has 0 atom stereocenters. The molecule has 0 radical (unpaired) electrons. The van der Waals surface area contributed by atoms with Gasteiger partial charge in [-0.25, -0.2) is 0 Å². The third-order valence-corrected chi connectivity index (χ3v) is 4.84. The Morgan fingerprint density at radius 2 is 1.42 bits per heavy atom. The molecule has 0 aromatic carbocycles. The summed E-state index contributed by atoms with van der Waals surface area (Å²) in [5.41, 5.74) is 0. The lowest BCUT2D eigenvalue weighted by Crippen LogP contribution is -2.51. The SMILES string of the molecule is CC(C)NC1CCN(C2CCN(C(C)C)CC2)CC1. The smallest absolute Gasteiger partial charge is 0.0120 e. The van der Waals surface area contributed by atoms with Crippen molar-refractivity contribution >= 4 is 0 Å². The lowest BCUT2D eigenvalue weighted by molar-refractivity contribution is 0.0716. The molecule has 2 saturated heterocycles. The number of hydrogen-bond acceptors (Lipinski definition) is 3. The first kappa shape index (κ1) is 15.3. The second kappa shape index (κ2) is 7.05. The summed E-state index contributed by atoms with van der Waals surface area (Å²) >= 11 is 0. The van der Waals surface area contributed by atoms with Gasteiger partial charge in [0.1, 0.15) is 0 Å². The summed E-state index contributed by atoms with van der Waals surface area (Å²) in [7, 11) is 0. The fraction of sp³-hybridized carbons (Fsp3) is 1.00. The molecule has 2 heterocycles. The van der Waals surface area contributed by atoms with E-state index in [1.165, 1.54) is 51.9 Å². The van der Waals surface area contributed by atoms with E-state index in [4.69, 9.17) is 0 Å². The van der Waals surface area contributed by atoms with E-state index in [-0.39, 0.29) is 0 Å². The number of rotatable bonds is 4. The van der Waals surface area contributed by atoms with Crippen molar-refractivity contribution in [2.45, 2.75) is 77.5 Å². The second-order valence-electron chi connectivity index (χ2n) is 6.99. The van der Waals surface area contributed by atoms with Crippen LogP contribution in [0.1, 0.15) is 53.4 Å². The highest BCUT2D eigenvalue weighted by atomic mass is 15.2. The van der Waals surface area contributed by atoms with Crippen LogP contribution >= 0.6 is 0 Å². The van der Waals surface area contributed by atoms with Crippen molar-refractivity contribution < 1.29 is 0 Å². The van der Waals surface area contributed by atoms with Crippen LogP contribution in [0.2, 0.25) is 0 Å². The largest absolute Gasteiger partial charge is 0.312 e. The molecule has 0 bridgehead atoms. The zero-order valence-corrected chi connectivity index (χ0v) is 13.4. The van der Waals surface area contributed by atoms with E-state index in [0.717, 1.165) is 18.1 Å². The Hall–Kier alpha value is -0.120. The monoisotopic (exact) mass is 267 g/mol. The molecule has 2 aliphatic rings. The van der Waals surface area contributed by atoms with E-state index >= 15 is 0 Å². The van der Waals surface area contributed by atoms with Gasteiger partial charge in [-0.1, -0.05) is 13.8 Å². The molecule has 2 fully saturated rings. The van der Waals surface area contributed by atoms with Crippen molar-refractivity contribution in [2.75, 3.05) is 26.2 Å². The zero-order chi connectivity index (χ0) is 13.8. The van der Waals surface area contributed by atoms with Crippen LogP contribution in [0.15, 0.2) is 0 Å². The molecule has 0 spiro atoms. The van der Waals surface area contributed by atoms with E-state index in [1.807, 2.05) is 0 Å². The van der Waals surface area contributed by atoms with Crippen LogP contribution in [-0.4, -0.2) is 60.1 Å². The van der Waals surface area contributed by atoms with E-state index in [2.05, 4.69) is 42.8 Å². The van der Waals surface area contributed by atoms with Crippen LogP contribution in [0.5, 0.6) is 0 Å². The molecule has 3 heteroatoms. The Balaban J connectivity index is 1.71. The Labute approximate surface area is 119 Å². The van der Waals surface area contributed by atoms with Gasteiger partial charge in [0, 0.05) is 24.2 Å². The average Bonchev–Trinajstić information content (AvgIpc) is 2.39. The summed E-state index contributed by atoms with van der Waals surface area (Å²) in [5.74, 6) is 0. The van der Waals surface area contributed by atoms with Gasteiger partial charge in [0.2, 0.25) is 0 Å². The van der Waals surface area contributed by atoms with E-state index in [1.54, 1.807) is 0 Å². The molecule has 0 unspecified atom stereocenters. The van der Waals surface area contributed by atoms with Gasteiger partial charge in [0.05, 0.1) is 0 Å². The lowest BCUT2D eigenvalue weighted by atomic mass is 9.97. The number of nitrogens with one attached hydrogen (secondary N) is 1. The highest BCUT2D eigenvalue weighted by Gasteiger charge is 2.28. The maximum Gasteiger partial charge on any atom is 0.0120 e. The number of piperidine rings is 2. The van der Waals surface area contributed by atoms with Crippen molar-refractivity contribution in [3.05, 3.63) is 0 Å². The molecule has 19 heavy (non-hydrogen) atoms. The quantitative estimate of drug-likeness (QED) is 0.843. The maximum atomic E-state index is 3.69. The average molecular weight is 267 g/mol. The van der Waals surface area contributed by atoms with Gasteiger partial charge in [0.15, 0.2) is 0 Å². The lowest BCUT2D eigenvalue weighted by Gasteiger charge is -2.43. The van der Waals surface area contributed by atoms with E-state index in [0.29, 0.717) is 6.04 Å². The minimum atomic E-state index is 0.630. The first-order valence-electron chi connectivity index (χ1n) is 8.30. The first-order valence-corrected chi connectivity index (χ1v) is 8.30. The summed E-state index contributed by atoms with van der Waals surface area (Å²) in [6.45, 7) is 14.4. The predicted octanol–water partition coefficient (Wildman–Crippen LogP) is 2.32. The third kappa shape index (κ3) is 4.44. The summed E-state index contributed by atoms with van der Waals surface area (Å²) in [6, 6.07) is 2.97. The highest BCUT2D eigenvalue weighted by Crippen LogP contribution is 2.22. The zero-order valence-electron chi connectivity index (χ0n) is 13.4. The van der Waals surface area contributed by atoms with Crippen LogP contribution in [-0.2, 0) is 0 Å². The number of likely N-dealkylation sites (tertiary alicyclic amines) is 2. The maximum absolute atomic E-state index is 3.69. The molecule has 0 aromatic heterocycles. The van der Waals surface area contributed by atoms with Gasteiger partial charge in [-0.2, -0.15) is 0 Å². The minimum absolute atomic E-state index is 0.630. The second-order valence-corrected chi connectivity index (χ2v) is 6.99. The van der Waals surface area contributed by atoms with Gasteiger partial charge in [0.25, 0.3) is 0 Å². The fourth-order valence-electron chi connectivity index (χ4n) is 3.67. The summed E-state index contributed by atoms with van der Waals surface area (Å²) in [5, 5.41) is 3.69. The van der Waals surface area contributed by atoms with E-state index < -0.39 is 0 Å². The molecule has 0 aliphatic carbocycles. The van der Waals surface area contributed by atoms with Crippen molar-refractivity contribution in [3.8, 4) is 0 Å². The topological polar surface area (TPSA) is 18.5 Å². The molecule has 0 amide bonds. The molecule has 112 valence electrons. The van der Waals surface area contributed by atoms with Crippen LogP contribution < -0.4 is 5.32 Å². The van der Waals surface area contributed by atoms with Crippen LogP contribution in [0.4, 0.5) is 0 Å². The number of hydrogen-bond donors (Lipinski definition) is 1. The third-order valence-electron chi connectivity index (χ3n) is 4.84. The van der Waals surface area contributed by atoms with Crippen LogP contribution in [0.25, 0.3) is 0 Å². The minimum Gasteiger partial charge on any atom is -0.312 e. The summed E-state index contributed by atoms with van der Waals surface area (Å²) in [6.07, 6.45) is 5.42. The Morgan fingerprint density at radius 1 is 0.842 bits per heavy atom. The normalized spacial score (nSPS) is 25.6. The van der Waals surface area contributed by atoms with Gasteiger partial charge >= 0.3 is 0 Å². The molecule has 3 nitrogen and oxygen atoms in total. The van der Waals surface area contributed by atoms with Crippen LogP contribution in [0.3, 0.4) is 0 Å². The van der Waals surface area contributed by atoms with Gasteiger partial charge < -0.3 is 15.1 Å². The highest BCUT2D eigenvalue weighted by molar-refractivity contribution is 4.86. The molecule has 1 N–H and O–H groups in total. The van der Waals surface area contributed by atoms with Gasteiger partial charge in [-0.05, 0) is 65.7 Å². The predicted molar refractivity (Wildman–Crippen MR) is 82.6 cm³/mol. The molecular formula is C16H33N3. The van der Waals surface area contributed by atoms with E-state index in [9.17, 15) is 0 Å². The standard InChI is InChI=1S/C16H33N3/c1-13(2)17-15-5-9-19(10-6-15)16-7-11-18(12-8-16)14(3)4/h13-17H,5-12H2,1-4H3. The van der Waals surface area contributed by atoms with Gasteiger partial charge in [-0.15, -0.1) is 0 Å². The Bertz CT molecular complexity index is 249. The first-order chi connectivity index (χ1) is 9.06. The van der Waals surface area contributed by atoms with Crippen molar-refractivity contribution in [1.29, 1.82) is 0 Å². The summed E-state index contributed by atoms with van der Waals surface area (Å²) in [4.78, 5) is 5.39. The van der Waals surface area contributed by atoms with Crippen molar-refractivity contribution in [3.63, 3.8) is 0 Å². The summed E-state index contributed by atoms with van der Waals surface area (Å²) < 4.78 is 0. The Morgan fingerprint density at radius 3 is 1.89 bits per heavy atom. The molecule has 2 rings (SSSR count). The molecular weight excluding hydrogens is 234 g/mol. The van der Waals surface area contributed by atoms with Crippen molar-refractivity contribution in [1.82, 2.24) is 15.1 Å². The Kier molecular flexibility index (Phi) is 5.67. The molecule has 0 saturated carbocycles. The van der Waals surface area contributed by atoms with Crippen LogP contribution in [0, 0.1) is 0 Å². The van der Waals surface area contributed by atoms with Crippen molar-refractivity contribution in [2.24, 2.45) is 0 Å². The number of nitrogens with zero attached hydrogens (tertiary/aromatic N) is 2. The molecule has 0 aromatic rings. The van der Waals surface area contributed by atoms with Gasteiger partial charge in [-0.3, -0.25) is 0 Å². The molecule has 2 aliphatic heterocycles.